The first-order chi connectivity index (χ1) is 9.29. The predicted octanol–water partition coefficient (Wildman–Crippen LogP) is 3.12. The van der Waals surface area contributed by atoms with E-state index in [1.165, 1.54) is 35.5 Å². The highest BCUT2D eigenvalue weighted by Crippen LogP contribution is 2.22. The van der Waals surface area contributed by atoms with E-state index in [0.717, 1.165) is 25.7 Å². The van der Waals surface area contributed by atoms with Crippen LogP contribution < -0.4 is 5.32 Å². The third-order valence-electron chi connectivity index (χ3n) is 3.71. The number of rotatable bonds is 7. The fourth-order valence-electron chi connectivity index (χ4n) is 2.53. The average molecular weight is 278 g/mol. The van der Waals surface area contributed by atoms with E-state index in [9.17, 15) is 0 Å². The number of benzene rings is 1. The molecule has 1 aliphatic rings. The molecule has 0 bridgehead atoms. The Kier molecular flexibility index (Phi) is 6.21. The summed E-state index contributed by atoms with van der Waals surface area (Å²) in [6.45, 7) is 5.37. The molecule has 1 atom stereocenters. The smallest absolute Gasteiger partial charge is 0.0234 e. The van der Waals surface area contributed by atoms with Crippen molar-refractivity contribution in [1.82, 2.24) is 10.2 Å². The molecule has 1 aliphatic heterocycles. The molecule has 1 saturated heterocycles. The Hall–Kier alpha value is -0.510. The van der Waals surface area contributed by atoms with E-state index < -0.39 is 0 Å². The normalized spacial score (nSPS) is 19.2. The maximum Gasteiger partial charge on any atom is 0.0234 e. The van der Waals surface area contributed by atoms with Crippen molar-refractivity contribution >= 4 is 11.8 Å². The molecule has 0 spiro atoms. The third kappa shape index (κ3) is 4.83. The number of hydrogen-bond donors (Lipinski definition) is 1. The van der Waals surface area contributed by atoms with Crippen LogP contribution in [0.15, 0.2) is 24.3 Å². The lowest BCUT2D eigenvalue weighted by Gasteiger charge is -2.23. The molecule has 1 aromatic carbocycles. The quantitative estimate of drug-likeness (QED) is 0.772. The lowest BCUT2D eigenvalue weighted by Crippen LogP contribution is -2.30. The van der Waals surface area contributed by atoms with Gasteiger partial charge in [-0.2, -0.15) is 11.8 Å². The standard InChI is InChI=1S/C16H26N2S/c1-3-8-17-11-14-5-4-6-15(10-14)12-18(2)16-7-9-19-13-16/h4-6,10,16-17H,3,7-9,11-13H2,1-2H3. The van der Waals surface area contributed by atoms with Gasteiger partial charge in [0, 0.05) is 24.9 Å². The Labute approximate surface area is 122 Å². The van der Waals surface area contributed by atoms with Crippen molar-refractivity contribution in [3.63, 3.8) is 0 Å². The molecule has 106 valence electrons. The second-order valence-corrected chi connectivity index (χ2v) is 6.58. The van der Waals surface area contributed by atoms with E-state index >= 15 is 0 Å². The minimum atomic E-state index is 0.770. The summed E-state index contributed by atoms with van der Waals surface area (Å²) in [5.41, 5.74) is 2.84. The van der Waals surface area contributed by atoms with Crippen molar-refractivity contribution in [2.45, 2.75) is 38.9 Å². The monoisotopic (exact) mass is 278 g/mol. The number of thioether (sulfide) groups is 1. The Morgan fingerprint density at radius 2 is 2.21 bits per heavy atom. The maximum atomic E-state index is 3.47. The summed E-state index contributed by atoms with van der Waals surface area (Å²) in [6.07, 6.45) is 2.54. The molecule has 2 nitrogen and oxygen atoms in total. The Morgan fingerprint density at radius 1 is 1.37 bits per heavy atom. The molecule has 1 heterocycles. The van der Waals surface area contributed by atoms with Gasteiger partial charge in [0.25, 0.3) is 0 Å². The summed E-state index contributed by atoms with van der Waals surface area (Å²) in [5.74, 6) is 2.63. The van der Waals surface area contributed by atoms with Crippen molar-refractivity contribution in [3.05, 3.63) is 35.4 Å². The largest absolute Gasteiger partial charge is 0.313 e. The van der Waals surface area contributed by atoms with Crippen molar-refractivity contribution in [2.75, 3.05) is 25.1 Å². The van der Waals surface area contributed by atoms with Gasteiger partial charge < -0.3 is 5.32 Å². The molecular formula is C16H26N2S. The maximum absolute atomic E-state index is 3.47. The predicted molar refractivity (Wildman–Crippen MR) is 85.6 cm³/mol. The Morgan fingerprint density at radius 3 is 2.95 bits per heavy atom. The lowest BCUT2D eigenvalue weighted by molar-refractivity contribution is 0.254. The summed E-state index contributed by atoms with van der Waals surface area (Å²) >= 11 is 2.09. The van der Waals surface area contributed by atoms with Crippen LogP contribution >= 0.6 is 11.8 Å². The highest BCUT2D eigenvalue weighted by atomic mass is 32.2. The summed E-state index contributed by atoms with van der Waals surface area (Å²) in [5, 5.41) is 3.47. The fourth-order valence-corrected chi connectivity index (χ4v) is 3.83. The van der Waals surface area contributed by atoms with E-state index in [-0.39, 0.29) is 0 Å². The molecule has 0 aromatic heterocycles. The zero-order valence-electron chi connectivity index (χ0n) is 12.2. The first-order valence-electron chi connectivity index (χ1n) is 7.36. The summed E-state index contributed by atoms with van der Waals surface area (Å²) in [6, 6.07) is 9.78. The van der Waals surface area contributed by atoms with Crippen LogP contribution in [0.2, 0.25) is 0 Å². The molecular weight excluding hydrogens is 252 g/mol. The van der Waals surface area contributed by atoms with Gasteiger partial charge in [-0.25, -0.2) is 0 Å². The van der Waals surface area contributed by atoms with Gasteiger partial charge in [-0.15, -0.1) is 0 Å². The highest BCUT2D eigenvalue weighted by molar-refractivity contribution is 7.99. The summed E-state index contributed by atoms with van der Waals surface area (Å²) in [7, 11) is 2.26. The van der Waals surface area contributed by atoms with Gasteiger partial charge >= 0.3 is 0 Å². The van der Waals surface area contributed by atoms with Crippen LogP contribution in [0.5, 0.6) is 0 Å². The van der Waals surface area contributed by atoms with Crippen LogP contribution in [-0.2, 0) is 13.1 Å². The van der Waals surface area contributed by atoms with E-state index in [2.05, 4.69) is 60.2 Å². The van der Waals surface area contributed by atoms with Gasteiger partial charge in [0.15, 0.2) is 0 Å². The van der Waals surface area contributed by atoms with Crippen molar-refractivity contribution in [3.8, 4) is 0 Å². The zero-order valence-corrected chi connectivity index (χ0v) is 13.0. The van der Waals surface area contributed by atoms with Crippen LogP contribution in [0.25, 0.3) is 0 Å². The van der Waals surface area contributed by atoms with Gasteiger partial charge in [0.05, 0.1) is 0 Å². The zero-order chi connectivity index (χ0) is 13.5. The molecule has 0 amide bonds. The van der Waals surface area contributed by atoms with Gasteiger partial charge in [0.2, 0.25) is 0 Å². The molecule has 0 saturated carbocycles. The van der Waals surface area contributed by atoms with Gasteiger partial charge in [-0.05, 0) is 43.3 Å². The Bertz CT molecular complexity index is 375. The van der Waals surface area contributed by atoms with Crippen molar-refractivity contribution < 1.29 is 0 Å². The summed E-state index contributed by atoms with van der Waals surface area (Å²) in [4.78, 5) is 2.51. The average Bonchev–Trinajstić information content (AvgIpc) is 2.93. The topological polar surface area (TPSA) is 15.3 Å². The van der Waals surface area contributed by atoms with E-state index in [0.29, 0.717) is 0 Å². The van der Waals surface area contributed by atoms with Gasteiger partial charge in [0.1, 0.15) is 0 Å². The van der Waals surface area contributed by atoms with Crippen LogP contribution in [-0.4, -0.2) is 36.0 Å². The van der Waals surface area contributed by atoms with Crippen LogP contribution in [0, 0.1) is 0 Å². The molecule has 19 heavy (non-hydrogen) atoms. The molecule has 1 fully saturated rings. The minimum absolute atomic E-state index is 0.770. The first-order valence-corrected chi connectivity index (χ1v) is 8.51. The molecule has 1 unspecified atom stereocenters. The second kappa shape index (κ2) is 7.93. The summed E-state index contributed by atoms with van der Waals surface area (Å²) < 4.78 is 0. The van der Waals surface area contributed by atoms with E-state index in [1.807, 2.05) is 0 Å². The number of hydrogen-bond acceptors (Lipinski definition) is 3. The van der Waals surface area contributed by atoms with Gasteiger partial charge in [-0.1, -0.05) is 31.2 Å². The molecule has 0 aliphatic carbocycles. The van der Waals surface area contributed by atoms with Crippen LogP contribution in [0.4, 0.5) is 0 Å². The van der Waals surface area contributed by atoms with Crippen LogP contribution in [0.3, 0.4) is 0 Å². The molecule has 3 heteroatoms. The molecule has 1 N–H and O–H groups in total. The second-order valence-electron chi connectivity index (χ2n) is 5.43. The van der Waals surface area contributed by atoms with Crippen molar-refractivity contribution in [1.29, 1.82) is 0 Å². The SMILES string of the molecule is CCCNCc1cccc(CN(C)C2CCSC2)c1. The van der Waals surface area contributed by atoms with E-state index in [1.54, 1.807) is 0 Å². The highest BCUT2D eigenvalue weighted by Gasteiger charge is 2.19. The lowest BCUT2D eigenvalue weighted by atomic mass is 10.1. The molecule has 2 rings (SSSR count). The molecule has 1 aromatic rings. The Balaban J connectivity index is 1.86. The number of nitrogens with zero attached hydrogens (tertiary/aromatic N) is 1. The fraction of sp³-hybridized carbons (Fsp3) is 0.625. The van der Waals surface area contributed by atoms with Gasteiger partial charge in [-0.3, -0.25) is 4.90 Å². The van der Waals surface area contributed by atoms with E-state index in [4.69, 9.17) is 0 Å². The molecule has 0 radical (unpaired) electrons. The number of nitrogens with one attached hydrogen (secondary N) is 1. The third-order valence-corrected chi connectivity index (χ3v) is 4.85. The van der Waals surface area contributed by atoms with Crippen molar-refractivity contribution in [2.24, 2.45) is 0 Å². The van der Waals surface area contributed by atoms with Crippen LogP contribution in [0.1, 0.15) is 30.9 Å². The minimum Gasteiger partial charge on any atom is -0.313 e. The first kappa shape index (κ1) is 14.9.